The first-order chi connectivity index (χ1) is 13.8. The van der Waals surface area contributed by atoms with Crippen LogP contribution in [0.25, 0.3) is 0 Å². The Kier molecular flexibility index (Phi) is 6.81. The molecule has 0 spiro atoms. The minimum Gasteiger partial charge on any atom is -0.488 e. The van der Waals surface area contributed by atoms with Crippen LogP contribution in [0, 0.1) is 18.6 Å². The number of amides is 1. The second-order valence-corrected chi connectivity index (χ2v) is 8.17. The maximum atomic E-state index is 13.3. The number of nitrogens with zero attached hydrogens (tertiary/aromatic N) is 2. The van der Waals surface area contributed by atoms with E-state index in [1.54, 1.807) is 4.90 Å². The summed E-state index contributed by atoms with van der Waals surface area (Å²) in [5.41, 5.74) is -0.393. The zero-order valence-corrected chi connectivity index (χ0v) is 17.2. The molecule has 2 aromatic rings. The molecule has 1 fully saturated rings. The van der Waals surface area contributed by atoms with Crippen molar-refractivity contribution in [1.82, 2.24) is 9.88 Å². The van der Waals surface area contributed by atoms with Gasteiger partial charge < -0.3 is 19.5 Å². The summed E-state index contributed by atoms with van der Waals surface area (Å²) in [6.07, 6.45) is 1.55. The fourth-order valence-corrected chi connectivity index (χ4v) is 4.39. The quantitative estimate of drug-likeness (QED) is 0.768. The van der Waals surface area contributed by atoms with Crippen molar-refractivity contribution in [2.45, 2.75) is 38.4 Å². The van der Waals surface area contributed by atoms with E-state index in [4.69, 9.17) is 9.47 Å². The van der Waals surface area contributed by atoms with Crippen molar-refractivity contribution < 1.29 is 28.2 Å². The van der Waals surface area contributed by atoms with Crippen LogP contribution in [0.3, 0.4) is 0 Å². The van der Waals surface area contributed by atoms with E-state index in [0.717, 1.165) is 22.7 Å². The van der Waals surface area contributed by atoms with Crippen molar-refractivity contribution in [3.8, 4) is 5.75 Å². The first kappa shape index (κ1) is 21.6. The molecule has 2 heterocycles. The van der Waals surface area contributed by atoms with Crippen molar-refractivity contribution in [3.63, 3.8) is 0 Å². The molecule has 1 aromatic carbocycles. The lowest BCUT2D eigenvalue weighted by Gasteiger charge is -2.24. The smallest absolute Gasteiger partial charge is 0.248 e. The largest absolute Gasteiger partial charge is 0.488 e. The van der Waals surface area contributed by atoms with E-state index in [9.17, 15) is 18.7 Å². The Morgan fingerprint density at radius 2 is 2.10 bits per heavy atom. The average molecular weight is 426 g/mol. The van der Waals surface area contributed by atoms with Crippen molar-refractivity contribution in [3.05, 3.63) is 45.4 Å². The number of carbonyl (C=O) groups is 1. The molecule has 0 saturated carbocycles. The summed E-state index contributed by atoms with van der Waals surface area (Å²) in [7, 11) is 1.48. The van der Waals surface area contributed by atoms with Gasteiger partial charge in [-0.05, 0) is 31.9 Å². The molecule has 29 heavy (non-hydrogen) atoms. The summed E-state index contributed by atoms with van der Waals surface area (Å²) >= 11 is 1.34. The van der Waals surface area contributed by atoms with Crippen LogP contribution in [0.15, 0.2) is 18.2 Å². The van der Waals surface area contributed by atoms with Crippen molar-refractivity contribution >= 4 is 17.2 Å². The van der Waals surface area contributed by atoms with E-state index >= 15 is 0 Å². The standard InChI is InChI=1S/C20H24F2N2O4S/c1-13-17(11-28-14-4-5-15(21)16(22)10-14)29-19(23-13)20(26)6-3-8-24(9-7-20)18(25)12-27-2/h4-5,10,26H,3,6-9,11-12H2,1-2H3. The highest BCUT2D eigenvalue weighted by Crippen LogP contribution is 2.37. The normalized spacial score (nSPS) is 19.8. The van der Waals surface area contributed by atoms with Gasteiger partial charge in [-0.3, -0.25) is 4.79 Å². The van der Waals surface area contributed by atoms with E-state index < -0.39 is 17.2 Å². The van der Waals surface area contributed by atoms with Gasteiger partial charge in [0, 0.05) is 32.7 Å². The van der Waals surface area contributed by atoms with E-state index in [-0.39, 0.29) is 24.9 Å². The van der Waals surface area contributed by atoms with Crippen LogP contribution in [0.1, 0.15) is 34.8 Å². The maximum absolute atomic E-state index is 13.3. The molecule has 0 aliphatic carbocycles. The van der Waals surface area contributed by atoms with E-state index in [1.165, 1.54) is 24.5 Å². The van der Waals surface area contributed by atoms with E-state index in [1.807, 2.05) is 6.92 Å². The summed E-state index contributed by atoms with van der Waals surface area (Å²) in [5.74, 6) is -1.77. The molecule has 1 amide bonds. The average Bonchev–Trinajstić information content (AvgIpc) is 2.94. The van der Waals surface area contributed by atoms with E-state index in [0.29, 0.717) is 37.4 Å². The number of hydrogen-bond donors (Lipinski definition) is 1. The Labute approximate surface area is 172 Å². The monoisotopic (exact) mass is 426 g/mol. The third-order valence-corrected chi connectivity index (χ3v) is 6.31. The number of aliphatic hydroxyl groups is 1. The molecular formula is C20H24F2N2O4S. The minimum absolute atomic E-state index is 0.0280. The molecule has 158 valence electrons. The Hall–Kier alpha value is -2.10. The zero-order chi connectivity index (χ0) is 21.0. The Balaban J connectivity index is 1.68. The highest BCUT2D eigenvalue weighted by atomic mass is 32.1. The lowest BCUT2D eigenvalue weighted by molar-refractivity contribution is -0.135. The summed E-state index contributed by atoms with van der Waals surface area (Å²) in [5, 5.41) is 11.8. The van der Waals surface area contributed by atoms with Gasteiger partial charge in [0.05, 0.1) is 10.6 Å². The van der Waals surface area contributed by atoms with Crippen LogP contribution in [-0.4, -0.2) is 47.7 Å². The minimum atomic E-state index is -1.11. The van der Waals surface area contributed by atoms with Crippen LogP contribution >= 0.6 is 11.3 Å². The second kappa shape index (κ2) is 9.15. The Bertz CT molecular complexity index is 876. The number of halogens is 2. The van der Waals surface area contributed by atoms with Gasteiger partial charge in [-0.25, -0.2) is 13.8 Å². The molecule has 0 bridgehead atoms. The number of hydrogen-bond acceptors (Lipinski definition) is 6. The SMILES string of the molecule is COCC(=O)N1CCCC(O)(c2nc(C)c(COc3ccc(F)c(F)c3)s2)CC1. The molecule has 6 nitrogen and oxygen atoms in total. The number of aryl methyl sites for hydroxylation is 1. The molecule has 1 N–H and O–H groups in total. The fourth-order valence-electron chi connectivity index (χ4n) is 3.27. The van der Waals surface area contributed by atoms with Crippen LogP contribution in [0.2, 0.25) is 0 Å². The van der Waals surface area contributed by atoms with Gasteiger partial charge in [0.25, 0.3) is 0 Å². The molecule has 1 unspecified atom stereocenters. The van der Waals surface area contributed by atoms with Crippen LogP contribution in [0.4, 0.5) is 8.78 Å². The first-order valence-electron chi connectivity index (χ1n) is 9.36. The molecule has 1 aromatic heterocycles. The summed E-state index contributed by atoms with van der Waals surface area (Å²) in [6.45, 7) is 2.99. The third-order valence-electron chi connectivity index (χ3n) is 4.99. The van der Waals surface area contributed by atoms with Crippen LogP contribution < -0.4 is 4.74 Å². The highest BCUT2D eigenvalue weighted by molar-refractivity contribution is 7.11. The van der Waals surface area contributed by atoms with E-state index in [2.05, 4.69) is 4.98 Å². The van der Waals surface area contributed by atoms with Crippen LogP contribution in [0.5, 0.6) is 5.75 Å². The maximum Gasteiger partial charge on any atom is 0.248 e. The zero-order valence-electron chi connectivity index (χ0n) is 16.4. The number of ether oxygens (including phenoxy) is 2. The number of benzene rings is 1. The predicted octanol–water partition coefficient (Wildman–Crippen LogP) is 3.16. The fraction of sp³-hybridized carbons (Fsp3) is 0.500. The summed E-state index contributed by atoms with van der Waals surface area (Å²) < 4.78 is 36.8. The van der Waals surface area contributed by atoms with Crippen LogP contribution in [-0.2, 0) is 21.7 Å². The van der Waals surface area contributed by atoms with Gasteiger partial charge in [0.2, 0.25) is 5.91 Å². The molecule has 1 aliphatic heterocycles. The summed E-state index contributed by atoms with van der Waals surface area (Å²) in [4.78, 5) is 19.1. The van der Waals surface area contributed by atoms with Gasteiger partial charge in [-0.2, -0.15) is 0 Å². The lowest BCUT2D eigenvalue weighted by Crippen LogP contribution is -2.35. The molecule has 1 saturated heterocycles. The Morgan fingerprint density at radius 1 is 1.31 bits per heavy atom. The number of aromatic nitrogens is 1. The lowest BCUT2D eigenvalue weighted by atomic mass is 9.96. The van der Waals surface area contributed by atoms with Gasteiger partial charge in [-0.1, -0.05) is 0 Å². The van der Waals surface area contributed by atoms with Crippen molar-refractivity contribution in [2.75, 3.05) is 26.8 Å². The molecule has 1 atom stereocenters. The number of carbonyl (C=O) groups excluding carboxylic acids is 1. The second-order valence-electron chi connectivity index (χ2n) is 7.09. The van der Waals surface area contributed by atoms with Gasteiger partial charge >= 0.3 is 0 Å². The highest BCUT2D eigenvalue weighted by Gasteiger charge is 2.36. The first-order valence-corrected chi connectivity index (χ1v) is 10.2. The molecular weight excluding hydrogens is 402 g/mol. The predicted molar refractivity (Wildman–Crippen MR) is 104 cm³/mol. The molecule has 9 heteroatoms. The third kappa shape index (κ3) is 5.09. The van der Waals surface area contributed by atoms with Gasteiger partial charge in [0.15, 0.2) is 11.6 Å². The number of rotatable bonds is 6. The topological polar surface area (TPSA) is 71.9 Å². The molecule has 3 rings (SSSR count). The number of thiazole rings is 1. The number of methoxy groups -OCH3 is 1. The summed E-state index contributed by atoms with van der Waals surface area (Å²) in [6, 6.07) is 3.37. The van der Waals surface area contributed by atoms with Crippen molar-refractivity contribution in [2.24, 2.45) is 0 Å². The Morgan fingerprint density at radius 3 is 2.83 bits per heavy atom. The molecule has 1 aliphatic rings. The van der Waals surface area contributed by atoms with Crippen molar-refractivity contribution in [1.29, 1.82) is 0 Å². The van der Waals surface area contributed by atoms with Gasteiger partial charge in [-0.15, -0.1) is 11.3 Å². The number of likely N-dealkylation sites (tertiary alicyclic amines) is 1. The molecule has 0 radical (unpaired) electrons. The van der Waals surface area contributed by atoms with Gasteiger partial charge in [0.1, 0.15) is 29.6 Å².